The second-order valence-corrected chi connectivity index (χ2v) is 5.66. The van der Waals surface area contributed by atoms with E-state index in [0.717, 1.165) is 17.0 Å². The van der Waals surface area contributed by atoms with Gasteiger partial charge in [-0.1, -0.05) is 32.9 Å². The highest BCUT2D eigenvalue weighted by molar-refractivity contribution is 7.16. The maximum absolute atomic E-state index is 12.4. The smallest absolute Gasteiger partial charge is 0.266 e. The Kier molecular flexibility index (Phi) is 4.58. The third-order valence-corrected chi connectivity index (χ3v) is 4.65. The quantitative estimate of drug-likeness (QED) is 0.769. The Balaban J connectivity index is 0.000000774. The number of hydrogen-bond donors (Lipinski definition) is 0. The third kappa shape index (κ3) is 2.51. The number of carbonyl (C=O) groups is 2. The summed E-state index contributed by atoms with van der Waals surface area (Å²) in [6.45, 7) is 8.01. The van der Waals surface area contributed by atoms with E-state index in [2.05, 4.69) is 6.92 Å². The molecule has 2 aromatic rings. The van der Waals surface area contributed by atoms with Crippen LogP contribution in [0.4, 0.5) is 5.00 Å². The van der Waals surface area contributed by atoms with Crippen molar-refractivity contribution in [1.82, 2.24) is 0 Å². The number of carbonyl (C=O) groups excluding carboxylic acids is 2. The summed E-state index contributed by atoms with van der Waals surface area (Å²) in [5, 5.41) is 0.753. The van der Waals surface area contributed by atoms with E-state index in [1.165, 1.54) is 21.1 Å². The number of amides is 2. The fourth-order valence-corrected chi connectivity index (χ4v) is 3.41. The zero-order valence-corrected chi connectivity index (χ0v) is 13.6. The van der Waals surface area contributed by atoms with Gasteiger partial charge >= 0.3 is 0 Å². The van der Waals surface area contributed by atoms with Gasteiger partial charge in [0, 0.05) is 4.88 Å². The molecule has 0 bridgehead atoms. The number of anilines is 1. The summed E-state index contributed by atoms with van der Waals surface area (Å²) < 4.78 is 0. The molecule has 2 heterocycles. The standard InChI is InChI=1S/C15H13NO2S.C2H6/c1-3-10-8-9(2)15(19-10)16-13(17)11-6-4-5-7-12(11)14(16)18;1-2/h4-8H,3H2,1-2H3;1-2H3. The normalized spacial score (nSPS) is 13.0. The Morgan fingerprint density at radius 2 is 1.57 bits per heavy atom. The number of benzene rings is 1. The lowest BCUT2D eigenvalue weighted by molar-refractivity contribution is 0.0927. The summed E-state index contributed by atoms with van der Waals surface area (Å²) >= 11 is 1.52. The van der Waals surface area contributed by atoms with Crippen molar-refractivity contribution in [1.29, 1.82) is 0 Å². The van der Waals surface area contributed by atoms with Crippen molar-refractivity contribution < 1.29 is 9.59 Å². The Labute approximate surface area is 129 Å². The van der Waals surface area contributed by atoms with Crippen LogP contribution >= 0.6 is 11.3 Å². The fourth-order valence-electron chi connectivity index (χ4n) is 2.31. The number of rotatable bonds is 2. The molecular weight excluding hydrogens is 282 g/mol. The number of fused-ring (bicyclic) bond motifs is 1. The van der Waals surface area contributed by atoms with Crippen molar-refractivity contribution >= 4 is 28.2 Å². The highest BCUT2D eigenvalue weighted by Gasteiger charge is 2.37. The summed E-state index contributed by atoms with van der Waals surface area (Å²) in [5.74, 6) is -0.429. The summed E-state index contributed by atoms with van der Waals surface area (Å²) in [6, 6.07) is 9.03. The van der Waals surface area contributed by atoms with Gasteiger partial charge in [-0.2, -0.15) is 0 Å². The number of nitrogens with zero attached hydrogens (tertiary/aromatic N) is 1. The first-order valence-electron chi connectivity index (χ1n) is 7.20. The van der Waals surface area contributed by atoms with E-state index in [-0.39, 0.29) is 11.8 Å². The van der Waals surface area contributed by atoms with Crippen LogP contribution in [0.5, 0.6) is 0 Å². The maximum Gasteiger partial charge on any atom is 0.266 e. The van der Waals surface area contributed by atoms with Gasteiger partial charge in [0.05, 0.1) is 11.1 Å². The number of aryl methyl sites for hydroxylation is 2. The number of imide groups is 1. The largest absolute Gasteiger partial charge is 0.268 e. The van der Waals surface area contributed by atoms with Gasteiger partial charge in [0.1, 0.15) is 5.00 Å². The van der Waals surface area contributed by atoms with E-state index in [4.69, 9.17) is 0 Å². The Bertz CT molecular complexity index is 653. The predicted molar refractivity (Wildman–Crippen MR) is 87.4 cm³/mol. The molecule has 0 saturated heterocycles. The van der Waals surface area contributed by atoms with Crippen molar-refractivity contribution in [2.24, 2.45) is 0 Å². The minimum atomic E-state index is -0.215. The molecule has 0 saturated carbocycles. The molecule has 0 unspecified atom stereocenters. The molecule has 110 valence electrons. The van der Waals surface area contributed by atoms with E-state index in [9.17, 15) is 9.59 Å². The van der Waals surface area contributed by atoms with Crippen LogP contribution in [0.25, 0.3) is 0 Å². The molecule has 0 radical (unpaired) electrons. The molecule has 4 heteroatoms. The van der Waals surface area contributed by atoms with Crippen molar-refractivity contribution in [3.63, 3.8) is 0 Å². The average molecular weight is 301 g/mol. The summed E-state index contributed by atoms with van der Waals surface area (Å²) in [6.07, 6.45) is 0.911. The zero-order valence-electron chi connectivity index (χ0n) is 12.8. The van der Waals surface area contributed by atoms with Gasteiger partial charge < -0.3 is 0 Å². The van der Waals surface area contributed by atoms with Crippen molar-refractivity contribution in [3.8, 4) is 0 Å². The van der Waals surface area contributed by atoms with Gasteiger partial charge in [-0.3, -0.25) is 9.59 Å². The fraction of sp³-hybridized carbons (Fsp3) is 0.294. The summed E-state index contributed by atoms with van der Waals surface area (Å²) in [7, 11) is 0. The third-order valence-electron chi connectivity index (χ3n) is 3.29. The van der Waals surface area contributed by atoms with Crippen LogP contribution in [0.3, 0.4) is 0 Å². The lowest BCUT2D eigenvalue weighted by atomic mass is 10.1. The molecule has 0 N–H and O–H groups in total. The van der Waals surface area contributed by atoms with Gasteiger partial charge in [-0.25, -0.2) is 4.90 Å². The first-order chi connectivity index (χ1) is 10.1. The highest BCUT2D eigenvalue weighted by Crippen LogP contribution is 2.36. The van der Waals surface area contributed by atoms with Crippen molar-refractivity contribution in [2.75, 3.05) is 4.90 Å². The Hall–Kier alpha value is -1.94. The van der Waals surface area contributed by atoms with Crippen molar-refractivity contribution in [3.05, 3.63) is 51.9 Å². The second kappa shape index (κ2) is 6.22. The summed E-state index contributed by atoms with van der Waals surface area (Å²) in [4.78, 5) is 27.2. The number of thiophene rings is 1. The monoisotopic (exact) mass is 301 g/mol. The van der Waals surface area contributed by atoms with Crippen molar-refractivity contribution in [2.45, 2.75) is 34.1 Å². The Morgan fingerprint density at radius 3 is 2.00 bits per heavy atom. The zero-order chi connectivity index (χ0) is 15.6. The van der Waals surface area contributed by atoms with Crippen LogP contribution < -0.4 is 4.90 Å². The van der Waals surface area contributed by atoms with Crippen LogP contribution in [-0.4, -0.2) is 11.8 Å². The molecule has 3 nitrogen and oxygen atoms in total. The molecule has 0 fully saturated rings. The molecule has 0 aliphatic carbocycles. The molecule has 1 aromatic heterocycles. The van der Waals surface area contributed by atoms with Crippen LogP contribution in [0, 0.1) is 6.92 Å². The van der Waals surface area contributed by atoms with Gasteiger partial charge in [0.2, 0.25) is 0 Å². The second-order valence-electron chi connectivity index (χ2n) is 4.55. The summed E-state index contributed by atoms with van der Waals surface area (Å²) in [5.41, 5.74) is 1.98. The van der Waals surface area contributed by atoms with Crippen LogP contribution in [0.1, 0.15) is 51.9 Å². The van der Waals surface area contributed by atoms with Gasteiger partial charge in [0.15, 0.2) is 0 Å². The van der Waals surface area contributed by atoms with E-state index < -0.39 is 0 Å². The highest BCUT2D eigenvalue weighted by atomic mass is 32.1. The van der Waals surface area contributed by atoms with E-state index in [0.29, 0.717) is 11.1 Å². The predicted octanol–water partition coefficient (Wildman–Crippen LogP) is 4.45. The molecule has 0 spiro atoms. The van der Waals surface area contributed by atoms with Crippen LogP contribution in [0.15, 0.2) is 30.3 Å². The van der Waals surface area contributed by atoms with Gasteiger partial charge in [0.25, 0.3) is 11.8 Å². The van der Waals surface area contributed by atoms with Gasteiger partial charge in [-0.05, 0) is 37.1 Å². The molecule has 3 rings (SSSR count). The van der Waals surface area contributed by atoms with E-state index in [1.54, 1.807) is 24.3 Å². The molecular formula is C17H19NO2S. The molecule has 2 amide bonds. The van der Waals surface area contributed by atoms with Gasteiger partial charge in [-0.15, -0.1) is 11.3 Å². The Morgan fingerprint density at radius 1 is 1.05 bits per heavy atom. The molecule has 1 aliphatic rings. The topological polar surface area (TPSA) is 37.4 Å². The van der Waals surface area contributed by atoms with Crippen LogP contribution in [-0.2, 0) is 6.42 Å². The first-order valence-corrected chi connectivity index (χ1v) is 8.02. The molecule has 21 heavy (non-hydrogen) atoms. The van der Waals surface area contributed by atoms with E-state index in [1.807, 2.05) is 26.8 Å². The number of hydrogen-bond acceptors (Lipinski definition) is 3. The average Bonchev–Trinajstić information content (AvgIpc) is 3.01. The lowest BCUT2D eigenvalue weighted by Gasteiger charge is -2.12. The SMILES string of the molecule is CC.CCc1cc(C)c(N2C(=O)c3ccccc3C2=O)s1. The minimum absolute atomic E-state index is 0.215. The maximum atomic E-state index is 12.4. The minimum Gasteiger partial charge on any atom is -0.268 e. The lowest BCUT2D eigenvalue weighted by Crippen LogP contribution is -2.29. The van der Waals surface area contributed by atoms with E-state index >= 15 is 0 Å². The van der Waals surface area contributed by atoms with Crippen LogP contribution in [0.2, 0.25) is 0 Å². The molecule has 1 aliphatic heterocycles. The molecule has 0 atom stereocenters. The molecule has 1 aromatic carbocycles. The first kappa shape index (κ1) is 15.4.